The molecule has 0 fully saturated rings. The molecular formula is C6H6N-. The van der Waals surface area contributed by atoms with Crippen molar-refractivity contribution in [2.45, 2.75) is 6.42 Å². The molecule has 1 rings (SSSR count). The molecule has 0 heterocycles. The minimum Gasteiger partial charge on any atom is -0.512 e. The van der Waals surface area contributed by atoms with E-state index in [1.54, 1.807) is 0 Å². The molecule has 0 aromatic rings. The van der Waals surface area contributed by atoms with Crippen LogP contribution in [-0.4, -0.2) is 0 Å². The fourth-order valence-corrected chi connectivity index (χ4v) is 0.393. The minimum absolute atomic E-state index is 1.14. The largest absolute Gasteiger partial charge is 0.512 e. The van der Waals surface area contributed by atoms with Crippen molar-refractivity contribution in [2.24, 2.45) is 0 Å². The molecule has 0 saturated carbocycles. The molecule has 0 spiro atoms. The predicted octanol–water partition coefficient (Wildman–Crippen LogP) is 1.60. The Labute approximate surface area is 43.6 Å². The van der Waals surface area contributed by atoms with E-state index in [1.165, 1.54) is 0 Å². The molecule has 0 amide bonds. The highest BCUT2D eigenvalue weighted by molar-refractivity contribution is 5.11. The van der Waals surface area contributed by atoms with E-state index in [9.17, 15) is 0 Å². The average molecular weight is 92.1 g/mol. The first-order chi connectivity index (χ1) is 3.50. The molecule has 1 aliphatic rings. The summed E-state index contributed by atoms with van der Waals surface area (Å²) in [6.07, 6.45) is 9.50. The van der Waals surface area contributed by atoms with Crippen LogP contribution < -0.4 is 0 Å². The Kier molecular flexibility index (Phi) is 4.24. The van der Waals surface area contributed by atoms with E-state index >= 15 is 0 Å². The monoisotopic (exact) mass is 92.1 g/mol. The quantitative estimate of drug-likeness (QED) is 0.416. The van der Waals surface area contributed by atoms with E-state index in [1.807, 2.05) is 0 Å². The second kappa shape index (κ2) is 4.97. The van der Waals surface area contributed by atoms with Crippen LogP contribution in [0.1, 0.15) is 6.42 Å². The molecule has 0 atom stereocenters. The zero-order chi connectivity index (χ0) is 5.54. The van der Waals surface area contributed by atoms with Gasteiger partial charge in [0.05, 0.1) is 0 Å². The molecule has 0 aliphatic heterocycles. The van der Waals surface area contributed by atoms with Gasteiger partial charge in [-0.1, -0.05) is 24.3 Å². The first-order valence-corrected chi connectivity index (χ1v) is 2.04. The van der Waals surface area contributed by atoms with Gasteiger partial charge < -0.3 is 11.8 Å². The summed E-state index contributed by atoms with van der Waals surface area (Å²) >= 11 is 0. The van der Waals surface area contributed by atoms with Gasteiger partial charge in [-0.15, -0.1) is 0 Å². The number of hydrogen-bond donors (Lipinski definition) is 0. The molecule has 0 aromatic carbocycles. The van der Waals surface area contributed by atoms with E-state index in [4.69, 9.17) is 11.8 Å². The predicted molar refractivity (Wildman–Crippen MR) is 27.9 cm³/mol. The van der Waals surface area contributed by atoms with Crippen LogP contribution in [0, 0.1) is 11.8 Å². The Morgan fingerprint density at radius 1 is 1.14 bits per heavy atom. The van der Waals surface area contributed by atoms with Crippen molar-refractivity contribution in [2.75, 3.05) is 0 Å². The molecule has 36 valence electrons. The van der Waals surface area contributed by atoms with E-state index in [-0.39, 0.29) is 0 Å². The van der Waals surface area contributed by atoms with Gasteiger partial charge in [0.15, 0.2) is 0 Å². The molecule has 0 aromatic heterocycles. The van der Waals surface area contributed by atoms with Crippen molar-refractivity contribution in [3.05, 3.63) is 30.9 Å². The van der Waals surface area contributed by atoms with Gasteiger partial charge in [-0.2, -0.15) is 0 Å². The van der Waals surface area contributed by atoms with Crippen LogP contribution in [0.2, 0.25) is 0 Å². The number of hydrogen-bond acceptors (Lipinski definition) is 1. The van der Waals surface area contributed by atoms with Crippen LogP contribution in [0.25, 0.3) is 0 Å². The van der Waals surface area contributed by atoms with Gasteiger partial charge in [-0.3, -0.25) is 0 Å². The molecule has 0 unspecified atom stereocenters. The highest BCUT2D eigenvalue weighted by Crippen LogP contribution is 1.93. The minimum atomic E-state index is 1.14. The highest BCUT2D eigenvalue weighted by atomic mass is 14.2. The number of nitrogens with zero attached hydrogens (tertiary/aromatic N) is 1. The first-order valence-electron chi connectivity index (χ1n) is 2.04. The molecule has 0 radical (unpaired) electrons. The lowest BCUT2D eigenvalue weighted by molar-refractivity contribution is 1.45. The summed E-state index contributed by atoms with van der Waals surface area (Å²) in [5.41, 5.74) is 0. The van der Waals surface area contributed by atoms with Crippen LogP contribution in [0.4, 0.5) is 0 Å². The van der Waals surface area contributed by atoms with Gasteiger partial charge in [-0.25, -0.2) is 0 Å². The van der Waals surface area contributed by atoms with E-state index < -0.39 is 0 Å². The molecule has 1 nitrogen and oxygen atoms in total. The maximum absolute atomic E-state index is 6.25. The van der Waals surface area contributed by atoms with Gasteiger partial charge in [-0.05, 0) is 6.42 Å². The standard InChI is InChI=1S/C5H6.CN/c1-2-4-5-3-1;1-2/h1-4H,5H2;/q;-1. The smallest absolute Gasteiger partial charge is 0.0163 e. The summed E-state index contributed by atoms with van der Waals surface area (Å²) in [6, 6.07) is 0. The maximum atomic E-state index is 6.25. The van der Waals surface area contributed by atoms with E-state index in [0.29, 0.717) is 0 Å². The summed E-state index contributed by atoms with van der Waals surface area (Å²) in [6.45, 7) is 4.75. The van der Waals surface area contributed by atoms with Crippen LogP contribution in [-0.2, 0) is 0 Å². The lowest BCUT2D eigenvalue weighted by atomic mass is 10.5. The Bertz CT molecular complexity index is 88.0. The van der Waals surface area contributed by atoms with Crippen LogP contribution in [0.5, 0.6) is 0 Å². The van der Waals surface area contributed by atoms with Crippen molar-refractivity contribution in [1.29, 1.82) is 5.26 Å². The normalized spacial score (nSPS) is 12.9. The van der Waals surface area contributed by atoms with Gasteiger partial charge >= 0.3 is 0 Å². The SMILES string of the molecule is C1=CCC=C1.[C-]#N. The fourth-order valence-electron chi connectivity index (χ4n) is 0.393. The zero-order valence-electron chi connectivity index (χ0n) is 3.96. The summed E-state index contributed by atoms with van der Waals surface area (Å²) in [5.74, 6) is 0. The summed E-state index contributed by atoms with van der Waals surface area (Å²) < 4.78 is 0. The average Bonchev–Trinajstić information content (AvgIpc) is 2.23. The topological polar surface area (TPSA) is 23.8 Å². The van der Waals surface area contributed by atoms with E-state index in [0.717, 1.165) is 6.42 Å². The fraction of sp³-hybridized carbons (Fsp3) is 0.167. The van der Waals surface area contributed by atoms with E-state index in [2.05, 4.69) is 24.3 Å². The highest BCUT2D eigenvalue weighted by Gasteiger charge is 1.72. The number of rotatable bonds is 0. The van der Waals surface area contributed by atoms with Crippen LogP contribution in [0.3, 0.4) is 0 Å². The van der Waals surface area contributed by atoms with Gasteiger partial charge in [0, 0.05) is 0 Å². The molecule has 0 saturated heterocycles. The third-order valence-corrected chi connectivity index (χ3v) is 0.655. The molecule has 7 heavy (non-hydrogen) atoms. The Morgan fingerprint density at radius 3 is 1.71 bits per heavy atom. The second-order valence-electron chi connectivity index (χ2n) is 1.09. The molecule has 1 heteroatoms. The summed E-state index contributed by atoms with van der Waals surface area (Å²) in [5, 5.41) is 6.25. The van der Waals surface area contributed by atoms with Crippen molar-refractivity contribution in [1.82, 2.24) is 0 Å². The third-order valence-electron chi connectivity index (χ3n) is 0.655. The second-order valence-corrected chi connectivity index (χ2v) is 1.09. The summed E-state index contributed by atoms with van der Waals surface area (Å²) in [4.78, 5) is 0. The molecular weight excluding hydrogens is 86.1 g/mol. The van der Waals surface area contributed by atoms with Crippen LogP contribution in [0.15, 0.2) is 24.3 Å². The van der Waals surface area contributed by atoms with Crippen molar-refractivity contribution < 1.29 is 0 Å². The van der Waals surface area contributed by atoms with Crippen LogP contribution >= 0.6 is 0 Å². The van der Waals surface area contributed by atoms with Gasteiger partial charge in [0.1, 0.15) is 0 Å². The van der Waals surface area contributed by atoms with Crippen molar-refractivity contribution in [3.63, 3.8) is 0 Å². The maximum Gasteiger partial charge on any atom is -0.0163 e. The third kappa shape index (κ3) is 2.78. The first kappa shape index (κ1) is 5.97. The zero-order valence-corrected chi connectivity index (χ0v) is 3.96. The van der Waals surface area contributed by atoms with Gasteiger partial charge in [0.2, 0.25) is 0 Å². The Balaban J connectivity index is 0.000000162. The Hall–Kier alpha value is -1.03. The lowest BCUT2D eigenvalue weighted by Gasteiger charge is -1.57. The molecule has 0 N–H and O–H groups in total. The van der Waals surface area contributed by atoms with Crippen molar-refractivity contribution >= 4 is 0 Å². The lowest BCUT2D eigenvalue weighted by Crippen LogP contribution is -1.37. The van der Waals surface area contributed by atoms with Crippen molar-refractivity contribution in [3.8, 4) is 0 Å². The molecule has 0 bridgehead atoms. The molecule has 1 aliphatic carbocycles. The summed E-state index contributed by atoms with van der Waals surface area (Å²) in [7, 11) is 0. The number of allylic oxidation sites excluding steroid dienone is 4. The van der Waals surface area contributed by atoms with Gasteiger partial charge in [0.25, 0.3) is 0 Å². The Morgan fingerprint density at radius 2 is 1.57 bits per heavy atom.